The molecule has 0 bridgehead atoms. The van der Waals surface area contributed by atoms with Crippen molar-refractivity contribution in [2.24, 2.45) is 5.84 Å². The van der Waals surface area contributed by atoms with Crippen LogP contribution >= 0.6 is 0 Å². The first kappa shape index (κ1) is 19.9. The Morgan fingerprint density at radius 3 is 1.64 bits per heavy atom. The molecular formula is C21H32N2OSi. The molecule has 0 aromatic heterocycles. The number of benzene rings is 2. The zero-order valence-electron chi connectivity index (χ0n) is 16.2. The van der Waals surface area contributed by atoms with Crippen LogP contribution in [-0.2, 0) is 4.43 Å². The molecule has 2 aromatic rings. The first-order valence-corrected chi connectivity index (χ1v) is 10.9. The smallest absolute Gasteiger partial charge is 0.261 e. The summed E-state index contributed by atoms with van der Waals surface area (Å²) >= 11 is 0. The number of hydrogen-bond acceptors (Lipinski definition) is 3. The molecule has 3 N–H and O–H groups in total. The van der Waals surface area contributed by atoms with Crippen LogP contribution in [0.3, 0.4) is 0 Å². The van der Waals surface area contributed by atoms with Crippen LogP contribution in [0.5, 0.6) is 0 Å². The zero-order chi connectivity index (χ0) is 18.6. The van der Waals surface area contributed by atoms with Crippen molar-refractivity contribution in [1.29, 1.82) is 0 Å². The third kappa shape index (κ3) is 4.39. The highest BCUT2D eigenvalue weighted by Crippen LogP contribution is 2.36. The van der Waals surface area contributed by atoms with Crippen molar-refractivity contribution in [3.05, 3.63) is 60.7 Å². The van der Waals surface area contributed by atoms with Gasteiger partial charge in [0, 0.05) is 12.1 Å². The summed E-state index contributed by atoms with van der Waals surface area (Å²) in [5.41, 5.74) is 2.73. The van der Waals surface area contributed by atoms with Crippen molar-refractivity contribution >= 4 is 18.7 Å². The van der Waals surface area contributed by atoms with Crippen LogP contribution in [0.1, 0.15) is 41.0 Å². The molecule has 0 saturated heterocycles. The SMILES string of the molecule is CC(C)(CCO[Si](c1ccccc1)(c1ccccc1)C(C)(C)C)NN. The Morgan fingerprint density at radius 1 is 0.840 bits per heavy atom. The molecule has 2 rings (SSSR count). The molecule has 3 nitrogen and oxygen atoms in total. The van der Waals surface area contributed by atoms with E-state index in [1.54, 1.807) is 0 Å². The van der Waals surface area contributed by atoms with Gasteiger partial charge in [-0.3, -0.25) is 11.3 Å². The lowest BCUT2D eigenvalue weighted by atomic mass is 10.0. The molecule has 0 amide bonds. The molecule has 0 aliphatic heterocycles. The van der Waals surface area contributed by atoms with Gasteiger partial charge < -0.3 is 4.43 Å². The van der Waals surface area contributed by atoms with Crippen LogP contribution in [-0.4, -0.2) is 20.5 Å². The molecule has 0 aliphatic rings. The Bertz CT molecular complexity index is 611. The molecule has 0 unspecified atom stereocenters. The Morgan fingerprint density at radius 2 is 1.28 bits per heavy atom. The molecule has 0 fully saturated rings. The van der Waals surface area contributed by atoms with Crippen LogP contribution in [0, 0.1) is 0 Å². The van der Waals surface area contributed by atoms with Gasteiger partial charge in [0.2, 0.25) is 0 Å². The quantitative estimate of drug-likeness (QED) is 0.455. The maximum absolute atomic E-state index is 6.85. The highest BCUT2D eigenvalue weighted by molar-refractivity contribution is 6.99. The van der Waals surface area contributed by atoms with Gasteiger partial charge in [-0.1, -0.05) is 81.4 Å². The van der Waals surface area contributed by atoms with Gasteiger partial charge >= 0.3 is 0 Å². The van der Waals surface area contributed by atoms with Gasteiger partial charge in [-0.2, -0.15) is 0 Å². The molecule has 2 aromatic carbocycles. The van der Waals surface area contributed by atoms with E-state index in [-0.39, 0.29) is 10.6 Å². The number of nitrogens with one attached hydrogen (secondary N) is 1. The summed E-state index contributed by atoms with van der Waals surface area (Å²) in [5, 5.41) is 2.63. The van der Waals surface area contributed by atoms with Gasteiger partial charge in [0.25, 0.3) is 8.32 Å². The Hall–Kier alpha value is -1.46. The normalized spacial score (nSPS) is 13.0. The second kappa shape index (κ2) is 7.83. The van der Waals surface area contributed by atoms with E-state index in [1.165, 1.54) is 10.4 Å². The van der Waals surface area contributed by atoms with Gasteiger partial charge in [0.05, 0.1) is 0 Å². The van der Waals surface area contributed by atoms with Crippen molar-refractivity contribution in [3.63, 3.8) is 0 Å². The molecular weight excluding hydrogens is 324 g/mol. The first-order chi connectivity index (χ1) is 11.7. The van der Waals surface area contributed by atoms with Gasteiger partial charge in [-0.05, 0) is 35.7 Å². The zero-order valence-corrected chi connectivity index (χ0v) is 17.2. The van der Waals surface area contributed by atoms with Gasteiger partial charge in [0.1, 0.15) is 0 Å². The summed E-state index contributed by atoms with van der Waals surface area (Å²) in [7, 11) is -2.43. The van der Waals surface area contributed by atoms with Crippen LogP contribution in [0.15, 0.2) is 60.7 Å². The summed E-state index contributed by atoms with van der Waals surface area (Å²) in [6, 6.07) is 21.5. The van der Waals surface area contributed by atoms with Gasteiger partial charge in [0.15, 0.2) is 0 Å². The van der Waals surface area contributed by atoms with E-state index in [9.17, 15) is 0 Å². The highest BCUT2D eigenvalue weighted by Gasteiger charge is 2.50. The Labute approximate surface area is 153 Å². The predicted octanol–water partition coefficient (Wildman–Crippen LogP) is 3.20. The molecule has 0 heterocycles. The fourth-order valence-corrected chi connectivity index (χ4v) is 7.86. The number of rotatable bonds is 7. The minimum atomic E-state index is -2.43. The van der Waals surface area contributed by atoms with Crippen molar-refractivity contribution in [2.45, 2.75) is 51.6 Å². The maximum Gasteiger partial charge on any atom is 0.261 e. The van der Waals surface area contributed by atoms with E-state index in [4.69, 9.17) is 10.3 Å². The molecule has 0 atom stereocenters. The molecule has 0 saturated carbocycles. The Kier molecular flexibility index (Phi) is 6.22. The van der Waals surface area contributed by atoms with E-state index < -0.39 is 8.32 Å². The maximum atomic E-state index is 6.85. The van der Waals surface area contributed by atoms with E-state index in [1.807, 2.05) is 0 Å². The first-order valence-electron chi connectivity index (χ1n) is 8.96. The third-order valence-electron chi connectivity index (χ3n) is 4.85. The lowest BCUT2D eigenvalue weighted by molar-refractivity contribution is 0.238. The molecule has 0 aliphatic carbocycles. The largest absolute Gasteiger partial charge is 0.407 e. The fourth-order valence-electron chi connectivity index (χ4n) is 3.29. The average molecular weight is 357 g/mol. The average Bonchev–Trinajstić information content (AvgIpc) is 2.59. The van der Waals surface area contributed by atoms with Crippen molar-refractivity contribution < 1.29 is 4.43 Å². The molecule has 0 spiro atoms. The molecule has 136 valence electrons. The van der Waals surface area contributed by atoms with Crippen LogP contribution in [0.25, 0.3) is 0 Å². The number of hydrogen-bond donors (Lipinski definition) is 2. The van der Waals surface area contributed by atoms with Crippen LogP contribution < -0.4 is 21.6 Å². The van der Waals surface area contributed by atoms with E-state index >= 15 is 0 Å². The lowest BCUT2D eigenvalue weighted by Gasteiger charge is -2.43. The van der Waals surface area contributed by atoms with E-state index in [2.05, 4.69) is 101 Å². The summed E-state index contributed by atoms with van der Waals surface area (Å²) in [6.07, 6.45) is 0.855. The second-order valence-electron chi connectivity index (χ2n) is 8.29. The molecule has 0 radical (unpaired) electrons. The molecule has 25 heavy (non-hydrogen) atoms. The van der Waals surface area contributed by atoms with Gasteiger partial charge in [-0.15, -0.1) is 0 Å². The van der Waals surface area contributed by atoms with Crippen molar-refractivity contribution in [2.75, 3.05) is 6.61 Å². The summed E-state index contributed by atoms with van der Waals surface area (Å²) < 4.78 is 6.85. The monoisotopic (exact) mass is 356 g/mol. The van der Waals surface area contributed by atoms with Crippen LogP contribution in [0.2, 0.25) is 5.04 Å². The summed E-state index contributed by atoms with van der Waals surface area (Å²) in [5.74, 6) is 5.67. The van der Waals surface area contributed by atoms with Crippen molar-refractivity contribution in [3.8, 4) is 0 Å². The number of nitrogens with two attached hydrogens (primary N) is 1. The second-order valence-corrected chi connectivity index (χ2v) is 12.6. The predicted molar refractivity (Wildman–Crippen MR) is 110 cm³/mol. The van der Waals surface area contributed by atoms with Crippen LogP contribution in [0.4, 0.5) is 0 Å². The summed E-state index contributed by atoms with van der Waals surface area (Å²) in [4.78, 5) is 0. The highest BCUT2D eigenvalue weighted by atomic mass is 28.4. The minimum absolute atomic E-state index is 0.00991. The Balaban J connectivity index is 2.49. The lowest BCUT2D eigenvalue weighted by Crippen LogP contribution is -2.66. The topological polar surface area (TPSA) is 47.3 Å². The van der Waals surface area contributed by atoms with E-state index in [0.29, 0.717) is 6.61 Å². The van der Waals surface area contributed by atoms with Gasteiger partial charge in [-0.25, -0.2) is 0 Å². The number of hydrazine groups is 1. The third-order valence-corrected chi connectivity index (χ3v) is 9.90. The van der Waals surface area contributed by atoms with E-state index in [0.717, 1.165) is 6.42 Å². The summed E-state index contributed by atoms with van der Waals surface area (Å²) in [6.45, 7) is 11.8. The fraction of sp³-hybridized carbons (Fsp3) is 0.429. The standard InChI is InChI=1S/C21H32N2OSi/c1-20(2,3)25(18-12-8-6-9-13-18,19-14-10-7-11-15-19)24-17-16-21(4,5)23-22/h6-15,23H,16-17,22H2,1-5H3. The minimum Gasteiger partial charge on any atom is -0.407 e. The molecule has 4 heteroatoms. The van der Waals surface area contributed by atoms with Crippen molar-refractivity contribution in [1.82, 2.24) is 5.43 Å².